The predicted octanol–water partition coefficient (Wildman–Crippen LogP) is 2.59. The minimum Gasteiger partial charge on any atom is -0.496 e. The molecule has 1 aliphatic heterocycles. The van der Waals surface area contributed by atoms with Gasteiger partial charge in [0.25, 0.3) is 5.91 Å². The molecule has 2 aromatic rings. The highest BCUT2D eigenvalue weighted by atomic mass is 16.6. The summed E-state index contributed by atoms with van der Waals surface area (Å²) in [6, 6.07) is 7.41. The monoisotopic (exact) mass is 357 g/mol. The number of benzene rings is 1. The highest BCUT2D eigenvalue weighted by Crippen LogP contribution is 2.26. The van der Waals surface area contributed by atoms with Crippen LogP contribution in [0.5, 0.6) is 5.75 Å². The number of piperidine rings is 1. The normalized spacial score (nSPS) is 14.9. The van der Waals surface area contributed by atoms with Gasteiger partial charge in [0, 0.05) is 36.1 Å². The number of ether oxygens (including phenoxy) is 2. The van der Waals surface area contributed by atoms with E-state index in [-0.39, 0.29) is 18.0 Å². The summed E-state index contributed by atoms with van der Waals surface area (Å²) in [6.45, 7) is 3.30. The van der Waals surface area contributed by atoms with Crippen LogP contribution in [-0.2, 0) is 4.74 Å². The predicted molar refractivity (Wildman–Crippen MR) is 97.4 cm³/mol. The fraction of sp³-hybridized carbons (Fsp3) is 0.421. The van der Waals surface area contributed by atoms with Crippen LogP contribution in [0.4, 0.5) is 4.79 Å². The Bertz CT molecular complexity index is 800. The zero-order valence-electron chi connectivity index (χ0n) is 15.0. The summed E-state index contributed by atoms with van der Waals surface area (Å²) >= 11 is 0. The summed E-state index contributed by atoms with van der Waals surface area (Å²) in [4.78, 5) is 30.4. The molecular weight excluding hydrogens is 334 g/mol. The Kier molecular flexibility index (Phi) is 5.55. The first kappa shape index (κ1) is 18.0. The third-order valence-corrected chi connectivity index (χ3v) is 4.56. The number of aromatic nitrogens is 1. The molecule has 0 bridgehead atoms. The Balaban J connectivity index is 1.68. The summed E-state index contributed by atoms with van der Waals surface area (Å²) in [6.07, 6.45) is 2.71. The van der Waals surface area contributed by atoms with E-state index >= 15 is 0 Å². The van der Waals surface area contributed by atoms with Crippen LogP contribution in [0.3, 0.4) is 0 Å². The molecule has 0 unspecified atom stereocenters. The molecule has 3 rings (SSSR count). The minimum absolute atomic E-state index is 0.0100. The van der Waals surface area contributed by atoms with Gasteiger partial charge in [0.1, 0.15) is 11.4 Å². The van der Waals surface area contributed by atoms with E-state index in [0.717, 1.165) is 10.8 Å². The number of fused-ring (bicyclic) bond motifs is 1. The lowest BCUT2D eigenvalue weighted by Gasteiger charge is -2.31. The molecule has 26 heavy (non-hydrogen) atoms. The second-order valence-corrected chi connectivity index (χ2v) is 6.15. The SMILES string of the molecule is CCOC(=O)N1CCC(NC(=O)c2nccc3c(OC)cccc23)CC1. The fourth-order valence-electron chi connectivity index (χ4n) is 3.21. The maximum Gasteiger partial charge on any atom is 0.409 e. The Hall–Kier alpha value is -2.83. The quantitative estimate of drug-likeness (QED) is 0.910. The van der Waals surface area contributed by atoms with Crippen LogP contribution in [0.25, 0.3) is 10.8 Å². The van der Waals surface area contributed by atoms with E-state index in [0.29, 0.717) is 44.0 Å². The molecule has 0 radical (unpaired) electrons. The van der Waals surface area contributed by atoms with E-state index in [1.807, 2.05) is 24.3 Å². The van der Waals surface area contributed by atoms with Gasteiger partial charge >= 0.3 is 6.09 Å². The molecule has 0 spiro atoms. The van der Waals surface area contributed by atoms with Crippen molar-refractivity contribution in [2.24, 2.45) is 0 Å². The number of nitrogens with zero attached hydrogens (tertiary/aromatic N) is 2. The number of rotatable bonds is 4. The lowest BCUT2D eigenvalue weighted by molar-refractivity contribution is 0.0858. The highest BCUT2D eigenvalue weighted by Gasteiger charge is 2.25. The Morgan fingerprint density at radius 1 is 1.23 bits per heavy atom. The third-order valence-electron chi connectivity index (χ3n) is 4.56. The van der Waals surface area contributed by atoms with Crippen LogP contribution in [0, 0.1) is 0 Å². The molecule has 1 fully saturated rings. The van der Waals surface area contributed by atoms with Crippen molar-refractivity contribution in [2.75, 3.05) is 26.8 Å². The van der Waals surface area contributed by atoms with E-state index in [9.17, 15) is 9.59 Å². The fourth-order valence-corrected chi connectivity index (χ4v) is 3.21. The first-order chi connectivity index (χ1) is 12.6. The molecule has 2 amide bonds. The van der Waals surface area contributed by atoms with Crippen molar-refractivity contribution in [1.82, 2.24) is 15.2 Å². The largest absolute Gasteiger partial charge is 0.496 e. The topological polar surface area (TPSA) is 80.8 Å². The molecule has 0 atom stereocenters. The van der Waals surface area contributed by atoms with E-state index in [4.69, 9.17) is 9.47 Å². The van der Waals surface area contributed by atoms with Gasteiger partial charge in [0.2, 0.25) is 0 Å². The lowest BCUT2D eigenvalue weighted by atomic mass is 10.0. The number of nitrogens with one attached hydrogen (secondary N) is 1. The standard InChI is InChI=1S/C19H23N3O4/c1-3-26-19(24)22-11-8-13(9-12-22)21-18(23)17-15-5-4-6-16(25-2)14(15)7-10-20-17/h4-7,10,13H,3,8-9,11-12H2,1-2H3,(H,21,23). The summed E-state index contributed by atoms with van der Waals surface area (Å²) in [5.41, 5.74) is 0.384. The van der Waals surface area contributed by atoms with Gasteiger partial charge < -0.3 is 19.7 Å². The van der Waals surface area contributed by atoms with Gasteiger partial charge in [-0.25, -0.2) is 4.79 Å². The van der Waals surface area contributed by atoms with Crippen molar-refractivity contribution in [3.63, 3.8) is 0 Å². The van der Waals surface area contributed by atoms with E-state index in [2.05, 4.69) is 10.3 Å². The number of methoxy groups -OCH3 is 1. The van der Waals surface area contributed by atoms with Crippen molar-refractivity contribution in [2.45, 2.75) is 25.8 Å². The highest BCUT2D eigenvalue weighted by molar-refractivity contribution is 6.06. The Morgan fingerprint density at radius 2 is 2.00 bits per heavy atom. The molecule has 1 saturated heterocycles. The van der Waals surface area contributed by atoms with Crippen molar-refractivity contribution < 1.29 is 19.1 Å². The number of amides is 2. The summed E-state index contributed by atoms with van der Waals surface area (Å²) < 4.78 is 10.4. The van der Waals surface area contributed by atoms with Crippen LogP contribution in [0.1, 0.15) is 30.3 Å². The molecule has 1 aliphatic rings. The number of carbonyl (C=O) groups is 2. The lowest BCUT2D eigenvalue weighted by Crippen LogP contribution is -2.46. The summed E-state index contributed by atoms with van der Waals surface area (Å²) in [7, 11) is 1.60. The van der Waals surface area contributed by atoms with Crippen molar-refractivity contribution in [1.29, 1.82) is 0 Å². The van der Waals surface area contributed by atoms with Gasteiger partial charge in [0.05, 0.1) is 13.7 Å². The summed E-state index contributed by atoms with van der Waals surface area (Å²) in [5.74, 6) is 0.500. The summed E-state index contributed by atoms with van der Waals surface area (Å²) in [5, 5.41) is 4.65. The van der Waals surface area contributed by atoms with E-state index in [1.165, 1.54) is 0 Å². The van der Waals surface area contributed by atoms with Crippen LogP contribution >= 0.6 is 0 Å². The molecule has 7 heteroatoms. The Morgan fingerprint density at radius 3 is 2.69 bits per heavy atom. The second-order valence-electron chi connectivity index (χ2n) is 6.15. The average molecular weight is 357 g/mol. The molecule has 0 saturated carbocycles. The first-order valence-electron chi connectivity index (χ1n) is 8.78. The first-order valence-corrected chi connectivity index (χ1v) is 8.78. The average Bonchev–Trinajstić information content (AvgIpc) is 2.67. The number of carbonyl (C=O) groups excluding carboxylic acids is 2. The van der Waals surface area contributed by atoms with Crippen molar-refractivity contribution >= 4 is 22.8 Å². The molecule has 7 nitrogen and oxygen atoms in total. The smallest absolute Gasteiger partial charge is 0.409 e. The zero-order valence-corrected chi connectivity index (χ0v) is 15.0. The molecular formula is C19H23N3O4. The van der Waals surface area contributed by atoms with Gasteiger partial charge in [0.15, 0.2) is 0 Å². The number of hydrogen-bond donors (Lipinski definition) is 1. The second kappa shape index (κ2) is 8.03. The maximum absolute atomic E-state index is 12.7. The zero-order chi connectivity index (χ0) is 18.5. The van der Waals surface area contributed by atoms with Gasteiger partial charge in [-0.3, -0.25) is 9.78 Å². The van der Waals surface area contributed by atoms with Crippen LogP contribution < -0.4 is 10.1 Å². The van der Waals surface area contributed by atoms with Crippen LogP contribution in [0.15, 0.2) is 30.5 Å². The molecule has 1 aromatic heterocycles. The Labute approximate surface area is 152 Å². The maximum atomic E-state index is 12.7. The van der Waals surface area contributed by atoms with Crippen molar-refractivity contribution in [3.8, 4) is 5.75 Å². The molecule has 1 N–H and O–H groups in total. The molecule has 1 aromatic carbocycles. The molecule has 0 aliphatic carbocycles. The number of pyridine rings is 1. The van der Waals surface area contributed by atoms with Gasteiger partial charge in [-0.2, -0.15) is 0 Å². The number of hydrogen-bond acceptors (Lipinski definition) is 5. The molecule has 2 heterocycles. The van der Waals surface area contributed by atoms with E-state index in [1.54, 1.807) is 25.1 Å². The van der Waals surface area contributed by atoms with Gasteiger partial charge in [-0.05, 0) is 31.9 Å². The van der Waals surface area contributed by atoms with E-state index < -0.39 is 0 Å². The van der Waals surface area contributed by atoms with Gasteiger partial charge in [-0.15, -0.1) is 0 Å². The van der Waals surface area contributed by atoms with Crippen molar-refractivity contribution in [3.05, 3.63) is 36.2 Å². The minimum atomic E-state index is -0.292. The third kappa shape index (κ3) is 3.71. The van der Waals surface area contributed by atoms with Crippen LogP contribution in [-0.4, -0.2) is 54.7 Å². The van der Waals surface area contributed by atoms with Gasteiger partial charge in [-0.1, -0.05) is 12.1 Å². The number of likely N-dealkylation sites (tertiary alicyclic amines) is 1. The van der Waals surface area contributed by atoms with Crippen LogP contribution in [0.2, 0.25) is 0 Å². The molecule has 138 valence electrons.